The maximum atomic E-state index is 12.6. The van der Waals surface area contributed by atoms with E-state index in [0.29, 0.717) is 5.89 Å². The van der Waals surface area contributed by atoms with Crippen LogP contribution in [0.15, 0.2) is 51.0 Å². The first-order valence-corrected chi connectivity index (χ1v) is 11.7. The molecule has 1 aliphatic heterocycles. The predicted octanol–water partition coefficient (Wildman–Crippen LogP) is 3.27. The van der Waals surface area contributed by atoms with Crippen LogP contribution in [0.3, 0.4) is 0 Å². The molecule has 164 valence electrons. The Hall–Kier alpha value is -3.01. The van der Waals surface area contributed by atoms with Crippen molar-refractivity contribution in [2.24, 2.45) is 4.40 Å². The molecule has 1 aromatic heterocycles. The monoisotopic (exact) mass is 444 g/mol. The zero-order valence-electron chi connectivity index (χ0n) is 17.2. The molecule has 0 saturated heterocycles. The van der Waals surface area contributed by atoms with E-state index in [1.807, 2.05) is 18.2 Å². The second-order valence-electron chi connectivity index (χ2n) is 7.69. The third-order valence-electron chi connectivity index (χ3n) is 5.38. The number of benzene rings is 1. The maximum Gasteiger partial charge on any atom is 0.344 e. The minimum atomic E-state index is -3.92. The van der Waals surface area contributed by atoms with Crippen LogP contribution in [0.25, 0.3) is 0 Å². The van der Waals surface area contributed by atoms with Crippen LogP contribution in [0.1, 0.15) is 62.2 Å². The van der Waals surface area contributed by atoms with Crippen LogP contribution in [0, 0.1) is 0 Å². The zero-order chi connectivity index (χ0) is 21.8. The molecule has 4 rings (SSSR count). The highest BCUT2D eigenvalue weighted by Crippen LogP contribution is 2.31. The van der Waals surface area contributed by atoms with E-state index in [-0.39, 0.29) is 36.2 Å². The molecular weight excluding hydrogens is 420 g/mol. The average molecular weight is 445 g/mol. The van der Waals surface area contributed by atoms with Gasteiger partial charge in [-0.25, -0.2) is 4.79 Å². The summed E-state index contributed by atoms with van der Waals surface area (Å²) in [6, 6.07) is 9.06. The van der Waals surface area contributed by atoms with Gasteiger partial charge in [0, 0.05) is 12.1 Å². The number of carbonyl (C=O) groups is 1. The highest BCUT2D eigenvalue weighted by Gasteiger charge is 2.29. The van der Waals surface area contributed by atoms with Gasteiger partial charge in [0.05, 0.1) is 17.8 Å². The molecule has 9 nitrogen and oxygen atoms in total. The van der Waals surface area contributed by atoms with Crippen LogP contribution in [0.4, 0.5) is 0 Å². The molecule has 10 heteroatoms. The molecule has 0 radical (unpaired) electrons. The van der Waals surface area contributed by atoms with Crippen LogP contribution in [0.2, 0.25) is 0 Å². The highest BCUT2D eigenvalue weighted by molar-refractivity contribution is 7.88. The lowest BCUT2D eigenvalue weighted by molar-refractivity contribution is -0.140. The van der Waals surface area contributed by atoms with Crippen molar-refractivity contribution in [2.75, 3.05) is 0 Å². The molecule has 0 N–H and O–H groups in total. The fourth-order valence-electron chi connectivity index (χ4n) is 3.72. The number of ether oxygens (including phenoxy) is 1. The Kier molecular flexibility index (Phi) is 6.17. The van der Waals surface area contributed by atoms with Gasteiger partial charge >= 0.3 is 16.2 Å². The summed E-state index contributed by atoms with van der Waals surface area (Å²) in [7, 11) is -3.92. The molecule has 1 aromatic carbocycles. The van der Waals surface area contributed by atoms with Gasteiger partial charge < -0.3 is 9.26 Å². The topological polar surface area (TPSA) is 115 Å². The SMILES string of the molecule is CC1=NS(=O)(=O)N(Cc2ccccc2)C=C1C(=O)OCc1noc(C2CCCCC2)n1. The number of carbonyl (C=O) groups excluding carboxylic acids is 1. The van der Waals surface area contributed by atoms with Crippen LogP contribution < -0.4 is 0 Å². The van der Waals surface area contributed by atoms with Crippen LogP contribution in [0.5, 0.6) is 0 Å². The molecule has 1 fully saturated rings. The van der Waals surface area contributed by atoms with Gasteiger partial charge in [-0.3, -0.25) is 4.31 Å². The molecule has 31 heavy (non-hydrogen) atoms. The minimum absolute atomic E-state index is 0.0618. The lowest BCUT2D eigenvalue weighted by Crippen LogP contribution is -2.31. The van der Waals surface area contributed by atoms with E-state index in [1.165, 1.54) is 19.5 Å². The summed E-state index contributed by atoms with van der Waals surface area (Å²) in [4.78, 5) is 17.0. The Morgan fingerprint density at radius 1 is 1.19 bits per heavy atom. The largest absolute Gasteiger partial charge is 0.454 e. The molecule has 0 amide bonds. The summed E-state index contributed by atoms with van der Waals surface area (Å²) in [6.07, 6.45) is 6.82. The quantitative estimate of drug-likeness (QED) is 0.628. The normalized spacial score (nSPS) is 18.9. The average Bonchev–Trinajstić information content (AvgIpc) is 3.24. The molecule has 1 saturated carbocycles. The van der Waals surface area contributed by atoms with Crippen molar-refractivity contribution < 1.29 is 22.5 Å². The standard InChI is InChI=1S/C21H24N4O5S/c1-15-18(13-25(31(27,28)24-15)12-16-8-4-2-5-9-16)21(26)29-14-19-22-20(30-23-19)17-10-6-3-7-11-17/h2,4-5,8-9,13,17H,3,6-7,10-12,14H2,1H3. The Labute approximate surface area is 181 Å². The van der Waals surface area contributed by atoms with Gasteiger partial charge in [0.1, 0.15) is 0 Å². The van der Waals surface area contributed by atoms with E-state index < -0.39 is 16.2 Å². The van der Waals surface area contributed by atoms with Crippen molar-refractivity contribution in [3.8, 4) is 0 Å². The number of hydrogen-bond donors (Lipinski definition) is 0. The number of aromatic nitrogens is 2. The van der Waals surface area contributed by atoms with E-state index in [1.54, 1.807) is 12.1 Å². The van der Waals surface area contributed by atoms with E-state index in [4.69, 9.17) is 9.26 Å². The maximum absolute atomic E-state index is 12.6. The first kappa shape index (κ1) is 21.2. The van der Waals surface area contributed by atoms with Crippen LogP contribution in [-0.4, -0.2) is 34.5 Å². The van der Waals surface area contributed by atoms with Gasteiger partial charge in [-0.05, 0) is 25.3 Å². The number of rotatable bonds is 6. The second kappa shape index (κ2) is 9.01. The Balaban J connectivity index is 1.43. The number of esters is 1. The van der Waals surface area contributed by atoms with Crippen molar-refractivity contribution in [1.82, 2.24) is 14.4 Å². The molecule has 0 bridgehead atoms. The Bertz CT molecular complexity index is 1100. The summed E-state index contributed by atoms with van der Waals surface area (Å²) < 4.78 is 40.2. The van der Waals surface area contributed by atoms with Crippen molar-refractivity contribution in [2.45, 2.75) is 58.1 Å². The molecule has 1 aliphatic carbocycles. The summed E-state index contributed by atoms with van der Waals surface area (Å²) in [6.45, 7) is 1.36. The Morgan fingerprint density at radius 3 is 2.68 bits per heavy atom. The molecule has 0 atom stereocenters. The lowest BCUT2D eigenvalue weighted by atomic mass is 9.89. The predicted molar refractivity (Wildman–Crippen MR) is 112 cm³/mol. The smallest absolute Gasteiger partial charge is 0.344 e. The summed E-state index contributed by atoms with van der Waals surface area (Å²) >= 11 is 0. The number of nitrogens with zero attached hydrogens (tertiary/aromatic N) is 4. The molecule has 0 unspecified atom stereocenters. The summed E-state index contributed by atoms with van der Waals surface area (Å²) in [5, 5.41) is 3.90. The van der Waals surface area contributed by atoms with Crippen molar-refractivity contribution in [1.29, 1.82) is 0 Å². The van der Waals surface area contributed by atoms with Gasteiger partial charge in [0.25, 0.3) is 0 Å². The third kappa shape index (κ3) is 5.01. The first-order chi connectivity index (χ1) is 14.9. The van der Waals surface area contributed by atoms with Gasteiger partial charge in [0.2, 0.25) is 11.7 Å². The van der Waals surface area contributed by atoms with Gasteiger partial charge in [-0.2, -0.15) is 13.4 Å². The van der Waals surface area contributed by atoms with E-state index >= 15 is 0 Å². The number of hydrogen-bond acceptors (Lipinski definition) is 7. The fourth-order valence-corrected chi connectivity index (χ4v) is 4.82. The molecule has 0 spiro atoms. The van der Waals surface area contributed by atoms with Crippen molar-refractivity contribution in [3.05, 3.63) is 59.4 Å². The van der Waals surface area contributed by atoms with Gasteiger partial charge in [-0.1, -0.05) is 54.8 Å². The van der Waals surface area contributed by atoms with Crippen molar-refractivity contribution in [3.63, 3.8) is 0 Å². The van der Waals surface area contributed by atoms with Gasteiger partial charge in [0.15, 0.2) is 6.61 Å². The summed E-state index contributed by atoms with van der Waals surface area (Å²) in [5.74, 6) is 0.435. The highest BCUT2D eigenvalue weighted by atomic mass is 32.2. The molecule has 2 heterocycles. The fraction of sp³-hybridized carbons (Fsp3) is 0.429. The first-order valence-electron chi connectivity index (χ1n) is 10.3. The minimum Gasteiger partial charge on any atom is -0.454 e. The van der Waals surface area contributed by atoms with Crippen molar-refractivity contribution >= 4 is 21.9 Å². The van der Waals surface area contributed by atoms with E-state index in [0.717, 1.165) is 35.6 Å². The second-order valence-corrected chi connectivity index (χ2v) is 9.24. The van der Waals surface area contributed by atoms with Crippen LogP contribution >= 0.6 is 0 Å². The van der Waals surface area contributed by atoms with E-state index in [9.17, 15) is 13.2 Å². The van der Waals surface area contributed by atoms with Crippen LogP contribution in [-0.2, 0) is 32.9 Å². The molecule has 2 aromatic rings. The van der Waals surface area contributed by atoms with E-state index in [2.05, 4.69) is 14.5 Å². The summed E-state index contributed by atoms with van der Waals surface area (Å²) in [5.41, 5.74) is 0.916. The lowest BCUT2D eigenvalue weighted by Gasteiger charge is -2.23. The zero-order valence-corrected chi connectivity index (χ0v) is 18.0. The third-order valence-corrected chi connectivity index (χ3v) is 6.72. The van der Waals surface area contributed by atoms with Gasteiger partial charge in [-0.15, -0.1) is 4.40 Å². The molecular formula is C21H24N4O5S. The molecule has 2 aliphatic rings. The Morgan fingerprint density at radius 2 is 1.94 bits per heavy atom.